The van der Waals surface area contributed by atoms with Crippen molar-refractivity contribution in [1.29, 1.82) is 0 Å². The number of esters is 1. The number of carbonyl (C=O) groups excluding carboxylic acids is 2. The molecule has 0 aromatic carbocycles. The Hall–Kier alpha value is -1.10. The van der Waals surface area contributed by atoms with Crippen molar-refractivity contribution < 1.29 is 14.3 Å². The van der Waals surface area contributed by atoms with Crippen molar-refractivity contribution >= 4 is 11.9 Å². The van der Waals surface area contributed by atoms with Crippen LogP contribution < -0.4 is 5.32 Å². The summed E-state index contributed by atoms with van der Waals surface area (Å²) in [5, 5.41) is 2.93. The van der Waals surface area contributed by atoms with E-state index in [1.165, 1.54) is 0 Å². The Balaban J connectivity index is 2.58. The smallest absolute Gasteiger partial charge is 0.328 e. The largest absolute Gasteiger partial charge is 0.464 e. The van der Waals surface area contributed by atoms with Gasteiger partial charge in [-0.15, -0.1) is 0 Å². The number of nitrogens with zero attached hydrogens (tertiary/aromatic N) is 1. The zero-order valence-corrected chi connectivity index (χ0v) is 9.45. The number of amides is 1. The van der Waals surface area contributed by atoms with Crippen LogP contribution in [0.3, 0.4) is 0 Å². The van der Waals surface area contributed by atoms with Gasteiger partial charge in [-0.3, -0.25) is 4.79 Å². The van der Waals surface area contributed by atoms with Crippen molar-refractivity contribution in [3.8, 4) is 0 Å². The van der Waals surface area contributed by atoms with Crippen LogP contribution >= 0.6 is 0 Å². The summed E-state index contributed by atoms with van der Waals surface area (Å²) in [6.07, 6.45) is 0.749. The minimum Gasteiger partial charge on any atom is -0.464 e. The number of likely N-dealkylation sites (N-methyl/N-ethyl adjacent to an activating group) is 1. The van der Waals surface area contributed by atoms with Gasteiger partial charge < -0.3 is 15.0 Å². The summed E-state index contributed by atoms with van der Waals surface area (Å²) in [6.45, 7) is 4.42. The first-order valence-corrected chi connectivity index (χ1v) is 5.26. The molecule has 1 aliphatic heterocycles. The lowest BCUT2D eigenvalue weighted by Crippen LogP contribution is -2.44. The summed E-state index contributed by atoms with van der Waals surface area (Å²) >= 11 is 0. The number of likely N-dealkylation sites (tertiary alicyclic amines) is 1. The second-order valence-electron chi connectivity index (χ2n) is 3.59. The molecule has 1 aliphatic rings. The highest BCUT2D eigenvalue weighted by Crippen LogP contribution is 2.15. The Morgan fingerprint density at radius 3 is 2.87 bits per heavy atom. The van der Waals surface area contributed by atoms with Gasteiger partial charge in [-0.2, -0.15) is 0 Å². The van der Waals surface area contributed by atoms with Gasteiger partial charge in [0.05, 0.1) is 12.6 Å². The first-order valence-electron chi connectivity index (χ1n) is 5.26. The molecule has 1 fully saturated rings. The highest BCUT2D eigenvalue weighted by atomic mass is 16.5. The molecule has 1 amide bonds. The van der Waals surface area contributed by atoms with Gasteiger partial charge in [-0.1, -0.05) is 0 Å². The molecular formula is C10H18N2O3. The minimum absolute atomic E-state index is 0.0157. The van der Waals surface area contributed by atoms with Crippen LogP contribution in [0.15, 0.2) is 0 Å². The molecule has 0 saturated carbocycles. The summed E-state index contributed by atoms with van der Waals surface area (Å²) in [5.41, 5.74) is 0. The van der Waals surface area contributed by atoms with E-state index < -0.39 is 6.04 Å². The Morgan fingerprint density at radius 2 is 2.40 bits per heavy atom. The zero-order chi connectivity index (χ0) is 11.4. The molecule has 2 atom stereocenters. The second kappa shape index (κ2) is 5.11. The summed E-state index contributed by atoms with van der Waals surface area (Å²) in [5.74, 6) is -0.347. The molecule has 1 rings (SSSR count). The predicted octanol–water partition coefficient (Wildman–Crippen LogP) is -0.242. The lowest BCUT2D eigenvalue weighted by molar-refractivity contribution is -0.152. The molecule has 0 spiro atoms. The van der Waals surface area contributed by atoms with E-state index in [0.717, 1.165) is 6.42 Å². The highest BCUT2D eigenvalue weighted by Gasteiger charge is 2.36. The number of hydrogen-bond donors (Lipinski definition) is 1. The number of hydrogen-bond acceptors (Lipinski definition) is 4. The SMILES string of the molecule is CCOC(=O)C(C)N1CCC(NC)C1=O. The molecule has 0 aliphatic carbocycles. The third-order valence-corrected chi connectivity index (χ3v) is 2.68. The van der Waals surface area contributed by atoms with E-state index >= 15 is 0 Å². The summed E-state index contributed by atoms with van der Waals surface area (Å²) < 4.78 is 4.88. The topological polar surface area (TPSA) is 58.6 Å². The van der Waals surface area contributed by atoms with Gasteiger partial charge in [0.15, 0.2) is 0 Å². The molecule has 0 aromatic rings. The van der Waals surface area contributed by atoms with E-state index in [9.17, 15) is 9.59 Å². The van der Waals surface area contributed by atoms with Crippen LogP contribution in [0.2, 0.25) is 0 Å². The number of carbonyl (C=O) groups is 2. The Morgan fingerprint density at radius 1 is 1.73 bits per heavy atom. The normalized spacial score (nSPS) is 23.0. The molecule has 2 unspecified atom stereocenters. The molecule has 5 heteroatoms. The molecule has 0 aromatic heterocycles. The predicted molar refractivity (Wildman–Crippen MR) is 55.3 cm³/mol. The van der Waals surface area contributed by atoms with Crippen LogP contribution in [-0.2, 0) is 14.3 Å². The second-order valence-corrected chi connectivity index (χ2v) is 3.59. The third kappa shape index (κ3) is 2.47. The zero-order valence-electron chi connectivity index (χ0n) is 9.45. The Kier molecular flexibility index (Phi) is 4.08. The Labute approximate surface area is 89.8 Å². The average molecular weight is 214 g/mol. The van der Waals surface area contributed by atoms with Crippen molar-refractivity contribution in [2.24, 2.45) is 0 Å². The Bertz CT molecular complexity index is 255. The van der Waals surface area contributed by atoms with Gasteiger partial charge in [0.25, 0.3) is 0 Å². The molecule has 5 nitrogen and oxygen atoms in total. The first-order chi connectivity index (χ1) is 7.11. The van der Waals surface area contributed by atoms with Crippen molar-refractivity contribution in [3.63, 3.8) is 0 Å². The number of ether oxygens (including phenoxy) is 1. The maximum Gasteiger partial charge on any atom is 0.328 e. The van der Waals surface area contributed by atoms with Gasteiger partial charge in [0.1, 0.15) is 6.04 Å². The van der Waals surface area contributed by atoms with Crippen molar-refractivity contribution in [3.05, 3.63) is 0 Å². The standard InChI is InChI=1S/C10H18N2O3/c1-4-15-10(14)7(2)12-6-5-8(11-3)9(12)13/h7-8,11H,4-6H2,1-3H3. The fourth-order valence-electron chi connectivity index (χ4n) is 1.74. The quantitative estimate of drug-likeness (QED) is 0.656. The maximum absolute atomic E-state index is 11.7. The van der Waals surface area contributed by atoms with Crippen molar-refractivity contribution in [2.75, 3.05) is 20.2 Å². The van der Waals surface area contributed by atoms with E-state index in [1.54, 1.807) is 25.8 Å². The van der Waals surface area contributed by atoms with Crippen LogP contribution in [0, 0.1) is 0 Å². The molecule has 15 heavy (non-hydrogen) atoms. The van der Waals surface area contributed by atoms with Crippen LogP contribution in [-0.4, -0.2) is 49.1 Å². The fraction of sp³-hybridized carbons (Fsp3) is 0.800. The highest BCUT2D eigenvalue weighted by molar-refractivity contribution is 5.89. The van der Waals surface area contributed by atoms with Crippen molar-refractivity contribution in [2.45, 2.75) is 32.4 Å². The summed E-state index contributed by atoms with van der Waals surface area (Å²) in [4.78, 5) is 24.7. The van der Waals surface area contributed by atoms with Crippen LogP contribution in [0.1, 0.15) is 20.3 Å². The monoisotopic (exact) mass is 214 g/mol. The average Bonchev–Trinajstić information content (AvgIpc) is 2.59. The van der Waals surface area contributed by atoms with Crippen LogP contribution in [0.5, 0.6) is 0 Å². The van der Waals surface area contributed by atoms with E-state index in [4.69, 9.17) is 4.74 Å². The molecular weight excluding hydrogens is 196 g/mol. The summed E-state index contributed by atoms with van der Waals surface area (Å²) in [7, 11) is 1.75. The number of nitrogens with one attached hydrogen (secondary N) is 1. The number of rotatable bonds is 4. The van der Waals surface area contributed by atoms with Gasteiger partial charge in [0.2, 0.25) is 5.91 Å². The molecule has 1 heterocycles. The van der Waals surface area contributed by atoms with Crippen LogP contribution in [0.4, 0.5) is 0 Å². The first kappa shape index (κ1) is 12.0. The van der Waals surface area contributed by atoms with Crippen molar-refractivity contribution in [1.82, 2.24) is 10.2 Å². The lowest BCUT2D eigenvalue weighted by Gasteiger charge is -2.22. The van der Waals surface area contributed by atoms with E-state index in [-0.39, 0.29) is 17.9 Å². The maximum atomic E-state index is 11.7. The van der Waals surface area contributed by atoms with E-state index in [1.807, 2.05) is 0 Å². The van der Waals surface area contributed by atoms with Crippen LogP contribution in [0.25, 0.3) is 0 Å². The van der Waals surface area contributed by atoms with E-state index in [2.05, 4.69) is 5.32 Å². The lowest BCUT2D eigenvalue weighted by atomic mass is 10.2. The van der Waals surface area contributed by atoms with E-state index in [0.29, 0.717) is 13.2 Å². The van der Waals surface area contributed by atoms with Gasteiger partial charge in [-0.05, 0) is 27.3 Å². The summed E-state index contributed by atoms with van der Waals surface area (Å²) in [6, 6.07) is -0.627. The molecule has 1 N–H and O–H groups in total. The van der Waals surface area contributed by atoms with Gasteiger partial charge in [-0.25, -0.2) is 4.79 Å². The van der Waals surface area contributed by atoms with Gasteiger partial charge in [0, 0.05) is 6.54 Å². The molecule has 0 bridgehead atoms. The third-order valence-electron chi connectivity index (χ3n) is 2.68. The molecule has 0 radical (unpaired) electrons. The molecule has 86 valence electrons. The van der Waals surface area contributed by atoms with Gasteiger partial charge >= 0.3 is 5.97 Å². The molecule has 1 saturated heterocycles. The fourth-order valence-corrected chi connectivity index (χ4v) is 1.74. The minimum atomic E-state index is -0.476.